The van der Waals surface area contributed by atoms with Crippen LogP contribution >= 0.6 is 0 Å². The Kier molecular flexibility index (Phi) is 4.42. The van der Waals surface area contributed by atoms with Crippen molar-refractivity contribution in [3.8, 4) is 0 Å². The minimum absolute atomic E-state index is 0.637. The summed E-state index contributed by atoms with van der Waals surface area (Å²) in [6, 6.07) is 2.01. The van der Waals surface area contributed by atoms with Gasteiger partial charge in [0.05, 0.1) is 0 Å². The minimum Gasteiger partial charge on any atom is -0.311 e. The number of likely N-dealkylation sites (N-methyl/N-ethyl adjacent to an activating group) is 2. The monoisotopic (exact) mass is 240 g/mol. The van der Waals surface area contributed by atoms with Gasteiger partial charge in [-0.15, -0.1) is 0 Å². The second-order valence-corrected chi connectivity index (χ2v) is 6.01. The molecule has 2 aliphatic heterocycles. The van der Waals surface area contributed by atoms with Crippen LogP contribution in [0.4, 0.5) is 0 Å². The summed E-state index contributed by atoms with van der Waals surface area (Å²) in [7, 11) is 4.51. The molecule has 4 nitrogen and oxygen atoms in total. The van der Waals surface area contributed by atoms with Crippen LogP contribution in [0.3, 0.4) is 0 Å². The molecule has 2 aliphatic rings. The molecule has 0 aromatic rings. The molecule has 2 rings (SSSR count). The van der Waals surface area contributed by atoms with Crippen molar-refractivity contribution in [2.75, 3.05) is 53.4 Å². The highest BCUT2D eigenvalue weighted by Gasteiger charge is 2.28. The van der Waals surface area contributed by atoms with Gasteiger partial charge in [0.1, 0.15) is 0 Å². The predicted octanol–water partition coefficient (Wildman–Crippen LogP) is -0.0856. The third-order valence-electron chi connectivity index (χ3n) is 4.32. The normalized spacial score (nSPS) is 38.5. The lowest BCUT2D eigenvalue weighted by atomic mass is 10.1. The Hall–Kier alpha value is -0.160. The molecule has 2 heterocycles. The fourth-order valence-electron chi connectivity index (χ4n) is 2.92. The van der Waals surface area contributed by atoms with E-state index in [0.717, 1.165) is 6.54 Å². The van der Waals surface area contributed by atoms with Gasteiger partial charge in [0.15, 0.2) is 0 Å². The van der Waals surface area contributed by atoms with Crippen LogP contribution in [-0.4, -0.2) is 86.2 Å². The van der Waals surface area contributed by atoms with E-state index in [4.69, 9.17) is 0 Å². The Morgan fingerprint density at radius 3 is 2.65 bits per heavy atom. The lowest BCUT2D eigenvalue weighted by molar-refractivity contribution is 0.0553. The SMILES string of the molecule is CC1CN(CC2CN(C)CCN2C)C(C)CN1. The summed E-state index contributed by atoms with van der Waals surface area (Å²) in [6.07, 6.45) is 0. The van der Waals surface area contributed by atoms with Crippen molar-refractivity contribution in [2.24, 2.45) is 0 Å². The summed E-state index contributed by atoms with van der Waals surface area (Å²) in [5.41, 5.74) is 0. The van der Waals surface area contributed by atoms with E-state index < -0.39 is 0 Å². The fraction of sp³-hybridized carbons (Fsp3) is 1.00. The van der Waals surface area contributed by atoms with Gasteiger partial charge in [0, 0.05) is 57.4 Å². The summed E-state index contributed by atoms with van der Waals surface area (Å²) in [5, 5.41) is 3.55. The number of nitrogens with zero attached hydrogens (tertiary/aromatic N) is 3. The van der Waals surface area contributed by atoms with Crippen LogP contribution in [0.2, 0.25) is 0 Å². The molecular weight excluding hydrogens is 212 g/mol. The van der Waals surface area contributed by atoms with Crippen molar-refractivity contribution in [3.63, 3.8) is 0 Å². The third kappa shape index (κ3) is 3.41. The highest BCUT2D eigenvalue weighted by molar-refractivity contribution is 4.87. The van der Waals surface area contributed by atoms with Crippen LogP contribution in [0.25, 0.3) is 0 Å². The number of piperazine rings is 2. The van der Waals surface area contributed by atoms with Gasteiger partial charge in [-0.2, -0.15) is 0 Å². The van der Waals surface area contributed by atoms with E-state index in [1.165, 1.54) is 32.7 Å². The molecule has 0 bridgehead atoms. The van der Waals surface area contributed by atoms with Crippen LogP contribution in [-0.2, 0) is 0 Å². The van der Waals surface area contributed by atoms with Crippen molar-refractivity contribution in [3.05, 3.63) is 0 Å². The maximum atomic E-state index is 3.55. The van der Waals surface area contributed by atoms with E-state index in [0.29, 0.717) is 18.1 Å². The molecule has 100 valence electrons. The summed E-state index contributed by atoms with van der Waals surface area (Å²) in [4.78, 5) is 7.64. The van der Waals surface area contributed by atoms with Crippen molar-refractivity contribution in [1.29, 1.82) is 0 Å². The standard InChI is InChI=1S/C13H28N4/c1-11-8-17(12(2)7-14-11)10-13-9-15(3)5-6-16(13)4/h11-14H,5-10H2,1-4H3. The highest BCUT2D eigenvalue weighted by atomic mass is 15.3. The molecule has 0 saturated carbocycles. The molecule has 17 heavy (non-hydrogen) atoms. The van der Waals surface area contributed by atoms with Gasteiger partial charge in [-0.3, -0.25) is 9.80 Å². The Labute approximate surface area is 106 Å². The zero-order chi connectivity index (χ0) is 12.4. The molecule has 2 fully saturated rings. The van der Waals surface area contributed by atoms with Crippen LogP contribution < -0.4 is 5.32 Å². The van der Waals surface area contributed by atoms with Gasteiger partial charge < -0.3 is 10.2 Å². The predicted molar refractivity (Wildman–Crippen MR) is 72.4 cm³/mol. The lowest BCUT2D eigenvalue weighted by Crippen LogP contribution is -2.60. The molecule has 4 heteroatoms. The lowest BCUT2D eigenvalue weighted by Gasteiger charge is -2.44. The molecule has 3 atom stereocenters. The molecule has 0 aromatic heterocycles. The molecule has 0 aliphatic carbocycles. The van der Waals surface area contributed by atoms with Crippen molar-refractivity contribution < 1.29 is 0 Å². The number of nitrogens with one attached hydrogen (secondary N) is 1. The summed E-state index contributed by atoms with van der Waals surface area (Å²) >= 11 is 0. The van der Waals surface area contributed by atoms with E-state index in [1.807, 2.05) is 0 Å². The van der Waals surface area contributed by atoms with Crippen molar-refractivity contribution in [1.82, 2.24) is 20.0 Å². The van der Waals surface area contributed by atoms with Crippen LogP contribution in [0.5, 0.6) is 0 Å². The fourth-order valence-corrected chi connectivity index (χ4v) is 2.92. The Morgan fingerprint density at radius 1 is 1.12 bits per heavy atom. The topological polar surface area (TPSA) is 21.8 Å². The summed E-state index contributed by atoms with van der Waals surface area (Å²) < 4.78 is 0. The minimum atomic E-state index is 0.637. The van der Waals surface area contributed by atoms with E-state index in [2.05, 4.69) is 48.0 Å². The van der Waals surface area contributed by atoms with Gasteiger partial charge in [-0.25, -0.2) is 0 Å². The zero-order valence-electron chi connectivity index (χ0n) is 11.8. The summed E-state index contributed by atoms with van der Waals surface area (Å²) in [6.45, 7) is 11.8. The average molecular weight is 240 g/mol. The van der Waals surface area contributed by atoms with Crippen molar-refractivity contribution in [2.45, 2.75) is 32.0 Å². The Morgan fingerprint density at radius 2 is 1.88 bits per heavy atom. The highest BCUT2D eigenvalue weighted by Crippen LogP contribution is 2.12. The molecule has 2 saturated heterocycles. The van der Waals surface area contributed by atoms with Crippen LogP contribution in [0, 0.1) is 0 Å². The average Bonchev–Trinajstić information content (AvgIpc) is 2.28. The maximum Gasteiger partial charge on any atom is 0.0347 e. The van der Waals surface area contributed by atoms with Gasteiger partial charge in [0.2, 0.25) is 0 Å². The second-order valence-electron chi connectivity index (χ2n) is 6.01. The second kappa shape index (κ2) is 5.65. The zero-order valence-corrected chi connectivity index (χ0v) is 11.8. The van der Waals surface area contributed by atoms with E-state index in [1.54, 1.807) is 0 Å². The van der Waals surface area contributed by atoms with Crippen molar-refractivity contribution >= 4 is 0 Å². The molecule has 0 amide bonds. The van der Waals surface area contributed by atoms with E-state index >= 15 is 0 Å². The Balaban J connectivity index is 1.89. The molecule has 0 aromatic carbocycles. The first-order chi connectivity index (χ1) is 8.06. The van der Waals surface area contributed by atoms with Crippen LogP contribution in [0.1, 0.15) is 13.8 Å². The number of hydrogen-bond donors (Lipinski definition) is 1. The quantitative estimate of drug-likeness (QED) is 0.728. The maximum absolute atomic E-state index is 3.55. The smallest absolute Gasteiger partial charge is 0.0347 e. The third-order valence-corrected chi connectivity index (χ3v) is 4.32. The van der Waals surface area contributed by atoms with Gasteiger partial charge in [0.25, 0.3) is 0 Å². The van der Waals surface area contributed by atoms with Gasteiger partial charge in [-0.1, -0.05) is 0 Å². The molecule has 1 N–H and O–H groups in total. The Bertz CT molecular complexity index is 222. The van der Waals surface area contributed by atoms with E-state index in [9.17, 15) is 0 Å². The first-order valence-electron chi connectivity index (χ1n) is 6.92. The van der Waals surface area contributed by atoms with E-state index in [-0.39, 0.29) is 0 Å². The molecule has 3 unspecified atom stereocenters. The van der Waals surface area contributed by atoms with Crippen LogP contribution in [0.15, 0.2) is 0 Å². The number of hydrogen-bond acceptors (Lipinski definition) is 4. The first kappa shape index (κ1) is 13.3. The first-order valence-corrected chi connectivity index (χ1v) is 6.92. The van der Waals surface area contributed by atoms with Gasteiger partial charge in [-0.05, 0) is 27.9 Å². The molecule has 0 radical (unpaired) electrons. The largest absolute Gasteiger partial charge is 0.311 e. The van der Waals surface area contributed by atoms with Gasteiger partial charge >= 0.3 is 0 Å². The molecular formula is C13H28N4. The molecule has 0 spiro atoms. The number of rotatable bonds is 2. The summed E-state index contributed by atoms with van der Waals surface area (Å²) in [5.74, 6) is 0.